The molecule has 1 aliphatic rings. The third-order valence-electron chi connectivity index (χ3n) is 4.63. The molecule has 0 saturated carbocycles. The van der Waals surface area contributed by atoms with Crippen LogP contribution in [-0.2, 0) is 21.4 Å². The maximum absolute atomic E-state index is 12.7. The van der Waals surface area contributed by atoms with E-state index >= 15 is 0 Å². The van der Waals surface area contributed by atoms with Crippen LogP contribution in [0.2, 0.25) is 0 Å². The number of benzene rings is 2. The van der Waals surface area contributed by atoms with Gasteiger partial charge in [0.2, 0.25) is 10.0 Å². The van der Waals surface area contributed by atoms with Gasteiger partial charge in [-0.2, -0.15) is 9.57 Å². The van der Waals surface area contributed by atoms with Gasteiger partial charge in [0.1, 0.15) is 11.6 Å². The molecule has 3 rings (SSSR count). The van der Waals surface area contributed by atoms with Crippen LogP contribution in [0, 0.1) is 11.3 Å². The maximum atomic E-state index is 12.7. The summed E-state index contributed by atoms with van der Waals surface area (Å²) in [7, 11) is -3.53. The number of piperazine rings is 1. The molecule has 150 valence electrons. The van der Waals surface area contributed by atoms with E-state index in [0.29, 0.717) is 19.6 Å². The molecule has 7 nitrogen and oxygen atoms in total. The van der Waals surface area contributed by atoms with E-state index in [1.54, 1.807) is 35.2 Å². The lowest BCUT2D eigenvalue weighted by atomic mass is 10.2. The summed E-state index contributed by atoms with van der Waals surface area (Å²) in [6.45, 7) is 1.73. The Hall–Kier alpha value is -3.15. The van der Waals surface area contributed by atoms with Gasteiger partial charge in [0.05, 0.1) is 4.90 Å². The minimum Gasteiger partial charge on any atom is -0.373 e. The van der Waals surface area contributed by atoms with Crippen molar-refractivity contribution < 1.29 is 13.2 Å². The second kappa shape index (κ2) is 9.37. The number of hydrogen-bond donors (Lipinski definition) is 1. The molecule has 1 heterocycles. The van der Waals surface area contributed by atoms with E-state index < -0.39 is 15.9 Å². The molecule has 8 heteroatoms. The number of carbonyl (C=O) groups excluding carboxylic acids is 1. The largest absolute Gasteiger partial charge is 0.373 e. The van der Waals surface area contributed by atoms with Crippen LogP contribution in [0.5, 0.6) is 0 Å². The number of hydrogen-bond acceptors (Lipinski definition) is 5. The fraction of sp³-hybridized carbons (Fsp3) is 0.238. The highest BCUT2D eigenvalue weighted by molar-refractivity contribution is 7.89. The van der Waals surface area contributed by atoms with Crippen LogP contribution in [-0.4, -0.2) is 49.7 Å². The van der Waals surface area contributed by atoms with Gasteiger partial charge in [-0.25, -0.2) is 8.42 Å². The third kappa shape index (κ3) is 5.22. The summed E-state index contributed by atoms with van der Waals surface area (Å²) in [5.41, 5.74) is 0.943. The zero-order valence-corrected chi connectivity index (χ0v) is 16.7. The zero-order valence-electron chi connectivity index (χ0n) is 15.9. The first-order valence-electron chi connectivity index (χ1n) is 9.24. The minimum atomic E-state index is -3.53. The van der Waals surface area contributed by atoms with Crippen LogP contribution < -0.4 is 5.32 Å². The number of carbonyl (C=O) groups is 1. The number of rotatable bonds is 6. The summed E-state index contributed by atoms with van der Waals surface area (Å²) in [4.78, 5) is 14.4. The van der Waals surface area contributed by atoms with Gasteiger partial charge in [-0.05, 0) is 17.7 Å². The van der Waals surface area contributed by atoms with Crippen LogP contribution in [0.25, 0.3) is 0 Å². The molecule has 1 N–H and O–H groups in total. The average molecular weight is 410 g/mol. The van der Waals surface area contributed by atoms with E-state index in [2.05, 4.69) is 5.32 Å². The predicted octanol–water partition coefficient (Wildman–Crippen LogP) is 1.72. The molecular weight excluding hydrogens is 388 g/mol. The summed E-state index contributed by atoms with van der Waals surface area (Å²) >= 11 is 0. The molecule has 1 amide bonds. The van der Waals surface area contributed by atoms with Crippen LogP contribution in [0.1, 0.15) is 5.56 Å². The topological polar surface area (TPSA) is 93.5 Å². The SMILES string of the molecule is N#C/C(=C/N1CCN(S(=O)(=O)c2ccccc2)CC1)C(=O)NCc1ccccc1. The number of amides is 1. The second-order valence-electron chi connectivity index (χ2n) is 6.58. The lowest BCUT2D eigenvalue weighted by molar-refractivity contribution is -0.117. The molecule has 0 aliphatic carbocycles. The van der Waals surface area contributed by atoms with Crippen molar-refractivity contribution in [2.45, 2.75) is 11.4 Å². The fourth-order valence-corrected chi connectivity index (χ4v) is 4.45. The Kier molecular flexibility index (Phi) is 6.65. The number of nitrogens with zero attached hydrogens (tertiary/aromatic N) is 3. The van der Waals surface area contributed by atoms with Crippen LogP contribution in [0.15, 0.2) is 77.3 Å². The van der Waals surface area contributed by atoms with E-state index in [4.69, 9.17) is 0 Å². The molecule has 0 spiro atoms. The van der Waals surface area contributed by atoms with Crippen molar-refractivity contribution in [2.75, 3.05) is 26.2 Å². The van der Waals surface area contributed by atoms with Gasteiger partial charge in [-0.1, -0.05) is 48.5 Å². The lowest BCUT2D eigenvalue weighted by Gasteiger charge is -2.33. The summed E-state index contributed by atoms with van der Waals surface area (Å²) in [5, 5.41) is 12.1. The Balaban J connectivity index is 1.58. The minimum absolute atomic E-state index is 0.000276. The molecule has 2 aromatic rings. The smallest absolute Gasteiger partial charge is 0.263 e. The number of sulfonamides is 1. The van der Waals surface area contributed by atoms with Gasteiger partial charge < -0.3 is 10.2 Å². The maximum Gasteiger partial charge on any atom is 0.263 e. The molecule has 1 saturated heterocycles. The molecule has 1 fully saturated rings. The Bertz CT molecular complexity index is 1010. The highest BCUT2D eigenvalue weighted by Gasteiger charge is 2.27. The standard InChI is InChI=1S/C21H22N4O3S/c22-15-19(21(26)23-16-18-7-3-1-4-8-18)17-24-11-13-25(14-12-24)29(27,28)20-9-5-2-6-10-20/h1-10,17H,11-14,16H2,(H,23,26)/b19-17-. The molecule has 0 aromatic heterocycles. The fourth-order valence-electron chi connectivity index (χ4n) is 3.01. The van der Waals surface area contributed by atoms with Crippen LogP contribution in [0.4, 0.5) is 0 Å². The van der Waals surface area contributed by atoms with Crippen molar-refractivity contribution in [3.8, 4) is 6.07 Å². The molecule has 1 aliphatic heterocycles. The Morgan fingerprint density at radius 1 is 1.00 bits per heavy atom. The Morgan fingerprint density at radius 2 is 1.59 bits per heavy atom. The third-order valence-corrected chi connectivity index (χ3v) is 6.54. The average Bonchev–Trinajstić information content (AvgIpc) is 2.77. The van der Waals surface area contributed by atoms with Gasteiger partial charge in [-0.3, -0.25) is 4.79 Å². The normalized spacial score (nSPS) is 15.6. The van der Waals surface area contributed by atoms with Gasteiger partial charge in [0.15, 0.2) is 0 Å². The van der Waals surface area contributed by atoms with Crippen molar-refractivity contribution in [2.24, 2.45) is 0 Å². The summed E-state index contributed by atoms with van der Waals surface area (Å²) in [6.07, 6.45) is 1.51. The highest BCUT2D eigenvalue weighted by atomic mass is 32.2. The first-order chi connectivity index (χ1) is 14.0. The van der Waals surface area contributed by atoms with Gasteiger partial charge in [0.25, 0.3) is 5.91 Å². The van der Waals surface area contributed by atoms with E-state index in [9.17, 15) is 18.5 Å². The van der Waals surface area contributed by atoms with Crippen LogP contribution >= 0.6 is 0 Å². The second-order valence-corrected chi connectivity index (χ2v) is 8.51. The zero-order chi connectivity index (χ0) is 20.7. The predicted molar refractivity (Wildman–Crippen MR) is 109 cm³/mol. The Morgan fingerprint density at radius 3 is 2.17 bits per heavy atom. The van der Waals surface area contributed by atoms with Gasteiger partial charge in [0, 0.05) is 38.9 Å². The van der Waals surface area contributed by atoms with Crippen molar-refractivity contribution in [3.63, 3.8) is 0 Å². The summed E-state index contributed by atoms with van der Waals surface area (Å²) < 4.78 is 26.8. The molecule has 0 radical (unpaired) electrons. The van der Waals surface area contributed by atoms with E-state index in [-0.39, 0.29) is 23.6 Å². The number of nitriles is 1. The van der Waals surface area contributed by atoms with Crippen molar-refractivity contribution in [3.05, 3.63) is 78.0 Å². The van der Waals surface area contributed by atoms with E-state index in [1.807, 2.05) is 36.4 Å². The summed E-state index contributed by atoms with van der Waals surface area (Å²) in [5.74, 6) is -0.448. The highest BCUT2D eigenvalue weighted by Crippen LogP contribution is 2.17. The quantitative estimate of drug-likeness (QED) is 0.578. The molecule has 0 unspecified atom stereocenters. The van der Waals surface area contributed by atoms with E-state index in [1.165, 1.54) is 10.5 Å². The first kappa shape index (κ1) is 20.6. The molecule has 0 atom stereocenters. The number of nitrogens with one attached hydrogen (secondary N) is 1. The lowest BCUT2D eigenvalue weighted by Crippen LogP contribution is -2.47. The van der Waals surface area contributed by atoms with Gasteiger partial charge >= 0.3 is 0 Å². The molecule has 29 heavy (non-hydrogen) atoms. The van der Waals surface area contributed by atoms with Crippen molar-refractivity contribution in [1.29, 1.82) is 5.26 Å². The molecule has 2 aromatic carbocycles. The Labute approximate surface area is 170 Å². The van der Waals surface area contributed by atoms with Crippen molar-refractivity contribution in [1.82, 2.24) is 14.5 Å². The van der Waals surface area contributed by atoms with Crippen molar-refractivity contribution >= 4 is 15.9 Å². The monoisotopic (exact) mass is 410 g/mol. The first-order valence-corrected chi connectivity index (χ1v) is 10.7. The molecular formula is C21H22N4O3S. The summed E-state index contributed by atoms with van der Waals surface area (Å²) in [6, 6.07) is 19.7. The molecule has 0 bridgehead atoms. The van der Waals surface area contributed by atoms with Crippen LogP contribution in [0.3, 0.4) is 0 Å². The van der Waals surface area contributed by atoms with E-state index in [0.717, 1.165) is 5.56 Å². The van der Waals surface area contributed by atoms with Gasteiger partial charge in [-0.15, -0.1) is 0 Å².